The minimum atomic E-state index is 0.000594. The molecular formula is C17H19N5OS2. The summed E-state index contributed by atoms with van der Waals surface area (Å²) < 4.78 is 0.776. The van der Waals surface area contributed by atoms with Gasteiger partial charge in [0.15, 0.2) is 4.34 Å². The van der Waals surface area contributed by atoms with Gasteiger partial charge in [-0.2, -0.15) is 0 Å². The number of benzene rings is 1. The van der Waals surface area contributed by atoms with Crippen LogP contribution in [0.3, 0.4) is 0 Å². The van der Waals surface area contributed by atoms with Crippen molar-refractivity contribution in [2.45, 2.75) is 10.8 Å². The van der Waals surface area contributed by atoms with E-state index in [0.717, 1.165) is 21.4 Å². The van der Waals surface area contributed by atoms with Crippen molar-refractivity contribution in [2.75, 3.05) is 24.2 Å². The third-order valence-electron chi connectivity index (χ3n) is 3.52. The summed E-state index contributed by atoms with van der Waals surface area (Å²) >= 11 is 2.83. The Bertz CT molecular complexity index is 857. The molecule has 3 aromatic rings. The number of carbonyl (C=O) groups is 1. The molecule has 0 saturated carbocycles. The van der Waals surface area contributed by atoms with Crippen LogP contribution in [0.4, 0.5) is 5.13 Å². The van der Waals surface area contributed by atoms with Gasteiger partial charge in [-0.15, -0.1) is 16.8 Å². The van der Waals surface area contributed by atoms with Gasteiger partial charge in [-0.05, 0) is 18.1 Å². The molecule has 3 N–H and O–H groups in total. The lowest BCUT2D eigenvalue weighted by Crippen LogP contribution is -2.27. The highest BCUT2D eigenvalue weighted by atomic mass is 32.2. The number of rotatable bonds is 9. The molecule has 0 aliphatic rings. The monoisotopic (exact) mass is 373 g/mol. The number of hydrogen-bond donors (Lipinski definition) is 3. The molecule has 6 nitrogen and oxygen atoms in total. The molecule has 0 aliphatic heterocycles. The number of amides is 1. The molecule has 0 radical (unpaired) electrons. The zero-order valence-electron chi connectivity index (χ0n) is 13.6. The molecule has 25 heavy (non-hydrogen) atoms. The fourth-order valence-corrected chi connectivity index (χ4v) is 3.94. The molecule has 1 amide bonds. The van der Waals surface area contributed by atoms with Gasteiger partial charge in [-0.3, -0.25) is 4.79 Å². The summed E-state index contributed by atoms with van der Waals surface area (Å²) in [5.74, 6) is 0.338. The van der Waals surface area contributed by atoms with E-state index in [1.54, 1.807) is 6.08 Å². The first kappa shape index (κ1) is 17.5. The number of nitrogens with one attached hydrogen (secondary N) is 3. The van der Waals surface area contributed by atoms with E-state index in [0.29, 0.717) is 18.8 Å². The van der Waals surface area contributed by atoms with Gasteiger partial charge in [-0.1, -0.05) is 47.4 Å². The number of fused-ring (bicyclic) bond motifs is 1. The van der Waals surface area contributed by atoms with Gasteiger partial charge in [0.25, 0.3) is 0 Å². The first-order chi connectivity index (χ1) is 12.3. The van der Waals surface area contributed by atoms with Crippen molar-refractivity contribution in [3.8, 4) is 0 Å². The Kier molecular flexibility index (Phi) is 6.08. The van der Waals surface area contributed by atoms with Gasteiger partial charge < -0.3 is 15.6 Å². The van der Waals surface area contributed by atoms with E-state index in [4.69, 9.17) is 0 Å². The maximum Gasteiger partial charge on any atom is 0.230 e. The van der Waals surface area contributed by atoms with Crippen LogP contribution in [0.5, 0.6) is 0 Å². The smallest absolute Gasteiger partial charge is 0.230 e. The summed E-state index contributed by atoms with van der Waals surface area (Å²) in [6, 6.07) is 8.17. The van der Waals surface area contributed by atoms with E-state index >= 15 is 0 Å². The quantitative estimate of drug-likeness (QED) is 0.397. The second kappa shape index (κ2) is 8.68. The van der Waals surface area contributed by atoms with Gasteiger partial charge >= 0.3 is 0 Å². The molecule has 0 atom stereocenters. The van der Waals surface area contributed by atoms with Crippen molar-refractivity contribution in [2.24, 2.45) is 0 Å². The Morgan fingerprint density at radius 3 is 3.12 bits per heavy atom. The normalized spacial score (nSPS) is 10.7. The second-order valence-corrected chi connectivity index (χ2v) is 7.49. The molecule has 0 aliphatic carbocycles. The van der Waals surface area contributed by atoms with Gasteiger partial charge in [0.2, 0.25) is 11.0 Å². The van der Waals surface area contributed by atoms with Crippen molar-refractivity contribution in [3.63, 3.8) is 0 Å². The minimum absolute atomic E-state index is 0.000594. The molecular weight excluding hydrogens is 354 g/mol. The van der Waals surface area contributed by atoms with E-state index in [1.807, 2.05) is 24.4 Å². The van der Waals surface area contributed by atoms with Crippen molar-refractivity contribution in [1.82, 2.24) is 20.5 Å². The number of aromatic amines is 1. The van der Waals surface area contributed by atoms with Crippen molar-refractivity contribution < 1.29 is 4.79 Å². The van der Waals surface area contributed by atoms with Crippen molar-refractivity contribution >= 4 is 45.0 Å². The van der Waals surface area contributed by atoms with Crippen LogP contribution in [0.15, 0.2) is 47.5 Å². The van der Waals surface area contributed by atoms with Gasteiger partial charge in [-0.25, -0.2) is 0 Å². The lowest BCUT2D eigenvalue weighted by Gasteiger charge is -2.03. The van der Waals surface area contributed by atoms with Crippen molar-refractivity contribution in [3.05, 3.63) is 48.7 Å². The number of thioether (sulfide) groups is 1. The maximum absolute atomic E-state index is 12.0. The van der Waals surface area contributed by atoms with E-state index < -0.39 is 0 Å². The van der Waals surface area contributed by atoms with Gasteiger partial charge in [0, 0.05) is 30.2 Å². The minimum Gasteiger partial charge on any atom is -0.361 e. The molecule has 130 valence electrons. The molecule has 2 aromatic heterocycles. The first-order valence-electron chi connectivity index (χ1n) is 7.89. The lowest BCUT2D eigenvalue weighted by molar-refractivity contribution is -0.118. The summed E-state index contributed by atoms with van der Waals surface area (Å²) in [7, 11) is 0. The van der Waals surface area contributed by atoms with Gasteiger partial charge in [0.05, 0.1) is 5.75 Å². The van der Waals surface area contributed by atoms with Gasteiger partial charge in [0.1, 0.15) is 0 Å². The summed E-state index contributed by atoms with van der Waals surface area (Å²) in [5, 5.41) is 16.0. The predicted molar refractivity (Wildman–Crippen MR) is 104 cm³/mol. The van der Waals surface area contributed by atoms with Crippen LogP contribution in [0.2, 0.25) is 0 Å². The average Bonchev–Trinajstić information content (AvgIpc) is 3.25. The topological polar surface area (TPSA) is 82.7 Å². The summed E-state index contributed by atoms with van der Waals surface area (Å²) in [6.45, 7) is 4.90. The Hall–Kier alpha value is -2.32. The zero-order valence-corrected chi connectivity index (χ0v) is 15.3. The Morgan fingerprint density at radius 1 is 1.36 bits per heavy atom. The van der Waals surface area contributed by atoms with E-state index in [9.17, 15) is 4.79 Å². The first-order valence-corrected chi connectivity index (χ1v) is 9.69. The highest BCUT2D eigenvalue weighted by molar-refractivity contribution is 8.01. The lowest BCUT2D eigenvalue weighted by atomic mass is 10.1. The number of aromatic nitrogens is 3. The standard InChI is InChI=1S/C17H19N5OS2/c1-2-8-19-16-21-22-17(25-16)24-11-15(23)18-9-7-12-10-20-14-6-4-3-5-13(12)14/h2-6,10,20H,1,7-9,11H2,(H,18,23)(H,19,21). The Morgan fingerprint density at radius 2 is 2.24 bits per heavy atom. The Balaban J connectivity index is 1.41. The zero-order chi connectivity index (χ0) is 17.5. The number of hydrogen-bond acceptors (Lipinski definition) is 6. The molecule has 0 unspecified atom stereocenters. The number of carbonyl (C=O) groups excluding carboxylic acids is 1. The molecule has 2 heterocycles. The van der Waals surface area contributed by atoms with E-state index in [2.05, 4.69) is 38.5 Å². The van der Waals surface area contributed by atoms with Crippen LogP contribution in [0.1, 0.15) is 5.56 Å². The number of para-hydroxylation sites is 1. The molecule has 0 saturated heterocycles. The molecule has 3 rings (SSSR count). The fourth-order valence-electron chi connectivity index (χ4n) is 2.35. The summed E-state index contributed by atoms with van der Waals surface area (Å²) in [4.78, 5) is 15.2. The molecule has 8 heteroatoms. The number of H-pyrrole nitrogens is 1. The highest BCUT2D eigenvalue weighted by Crippen LogP contribution is 2.25. The largest absolute Gasteiger partial charge is 0.361 e. The highest BCUT2D eigenvalue weighted by Gasteiger charge is 2.08. The molecule has 0 fully saturated rings. The Labute approximate surface area is 154 Å². The number of nitrogens with zero attached hydrogens (tertiary/aromatic N) is 2. The third kappa shape index (κ3) is 4.83. The van der Waals surface area contributed by atoms with Crippen LogP contribution < -0.4 is 10.6 Å². The SMILES string of the molecule is C=CCNc1nnc(SCC(=O)NCCc2c[nH]c3ccccc23)s1. The predicted octanol–water partition coefficient (Wildman–Crippen LogP) is 3.07. The summed E-state index contributed by atoms with van der Waals surface area (Å²) in [5.41, 5.74) is 2.34. The molecule has 1 aromatic carbocycles. The van der Waals surface area contributed by atoms with Crippen LogP contribution >= 0.6 is 23.1 Å². The second-order valence-electron chi connectivity index (χ2n) is 5.29. The number of anilines is 1. The third-order valence-corrected chi connectivity index (χ3v) is 5.54. The average molecular weight is 374 g/mol. The van der Waals surface area contributed by atoms with E-state index in [-0.39, 0.29) is 5.91 Å². The van der Waals surface area contributed by atoms with Crippen LogP contribution in [-0.2, 0) is 11.2 Å². The van der Waals surface area contributed by atoms with Crippen LogP contribution in [0, 0.1) is 0 Å². The summed E-state index contributed by atoms with van der Waals surface area (Å²) in [6.07, 6.45) is 4.56. The molecule has 0 spiro atoms. The molecule has 0 bridgehead atoms. The van der Waals surface area contributed by atoms with Crippen molar-refractivity contribution in [1.29, 1.82) is 0 Å². The fraction of sp³-hybridized carbons (Fsp3) is 0.235. The van der Waals surface area contributed by atoms with Crippen LogP contribution in [-0.4, -0.2) is 39.9 Å². The maximum atomic E-state index is 12.0. The van der Waals surface area contributed by atoms with Crippen LogP contribution in [0.25, 0.3) is 10.9 Å². The van der Waals surface area contributed by atoms with E-state index in [1.165, 1.54) is 34.0 Å².